The van der Waals surface area contributed by atoms with Crippen LogP contribution < -0.4 is 41.8 Å². The number of hydrogen-bond acceptors (Lipinski definition) is 24. The van der Waals surface area contributed by atoms with Crippen LogP contribution in [0.2, 0.25) is 0 Å². The summed E-state index contributed by atoms with van der Waals surface area (Å²) in [6, 6.07) is 0.0653. The van der Waals surface area contributed by atoms with Gasteiger partial charge < -0.3 is 49.2 Å². The van der Waals surface area contributed by atoms with E-state index in [-0.39, 0.29) is 87.9 Å². The Balaban J connectivity index is -0.000000193. The van der Waals surface area contributed by atoms with Gasteiger partial charge in [-0.2, -0.15) is 0 Å². The molecule has 424 valence electrons. The summed E-state index contributed by atoms with van der Waals surface area (Å²) in [6.07, 6.45) is 5.80. The molecule has 77 heavy (non-hydrogen) atoms. The van der Waals surface area contributed by atoms with Gasteiger partial charge in [-0.15, -0.1) is 61.4 Å². The molecule has 1 fully saturated rings. The van der Waals surface area contributed by atoms with Crippen molar-refractivity contribution in [2.75, 3.05) is 26.3 Å². The van der Waals surface area contributed by atoms with Crippen molar-refractivity contribution in [3.8, 4) is 0 Å². The third-order valence-corrected chi connectivity index (χ3v) is 23.3. The number of Topliss-reactive ketones (excluding diaryl/α,β-unsaturated/α-hetero) is 1. The molecule has 0 saturated carbocycles. The number of amides is 1. The molecule has 1 aliphatic heterocycles. The van der Waals surface area contributed by atoms with Crippen LogP contribution in [0.4, 0.5) is 0 Å². The molecule has 3 unspecified atom stereocenters. The number of rotatable bonds is 17. The van der Waals surface area contributed by atoms with Crippen molar-refractivity contribution in [2.24, 2.45) is 27.4 Å². The number of nitrogens with two attached hydrogens (primary N) is 4. The molecule has 35 heteroatoms. The van der Waals surface area contributed by atoms with Gasteiger partial charge in [0.15, 0.2) is 28.5 Å². The van der Waals surface area contributed by atoms with E-state index in [1.807, 2.05) is 20.8 Å². The van der Waals surface area contributed by atoms with Crippen molar-refractivity contribution in [1.29, 1.82) is 0 Å². The Morgan fingerprint density at radius 3 is 1.69 bits per heavy atom. The van der Waals surface area contributed by atoms with Crippen LogP contribution in [0.15, 0.2) is 42.9 Å². The van der Waals surface area contributed by atoms with Gasteiger partial charge in [0.1, 0.15) is 30.9 Å². The molecule has 0 aliphatic carbocycles. The minimum Gasteiger partial charge on any atom is -1.00 e. The number of nitrogens with zero attached hydrogens (tertiary/aromatic N) is 6. The molecule has 19 nitrogen and oxygen atoms in total. The van der Waals surface area contributed by atoms with Crippen LogP contribution in [0, 0.1) is 27.7 Å². The Bertz CT molecular complexity index is 2640. The molecular formula is C42H65AlClLiN10O9P2S11. The first-order chi connectivity index (χ1) is 35.4. The summed E-state index contributed by atoms with van der Waals surface area (Å²) in [6.45, 7) is 27.7. The molecule has 5 rings (SSSR count). The fourth-order valence-electron chi connectivity index (χ4n) is 4.02. The molecule has 5 heterocycles. The number of aliphatic hydroxyl groups is 3. The van der Waals surface area contributed by atoms with Crippen molar-refractivity contribution in [1.82, 2.24) is 24.9 Å². The Morgan fingerprint density at radius 2 is 1.35 bits per heavy atom. The molecular weight excluding hydrogens is 1270 g/mol. The van der Waals surface area contributed by atoms with Crippen LogP contribution >= 0.6 is 83.3 Å². The first-order valence-corrected chi connectivity index (χ1v) is 33.9. The second-order valence-electron chi connectivity index (χ2n) is 13.1. The molecule has 1 aliphatic rings. The average Bonchev–Trinajstić information content (AvgIpc) is 3.60. The summed E-state index contributed by atoms with van der Waals surface area (Å²) >= 11 is 29.2. The van der Waals surface area contributed by atoms with E-state index in [0.717, 1.165) is 71.4 Å². The predicted molar refractivity (Wildman–Crippen MR) is 342 cm³/mol. The summed E-state index contributed by atoms with van der Waals surface area (Å²) in [5.41, 5.74) is 23.9. The van der Waals surface area contributed by atoms with Gasteiger partial charge in [0, 0.05) is 20.6 Å². The van der Waals surface area contributed by atoms with Crippen molar-refractivity contribution < 1.29 is 64.3 Å². The Morgan fingerprint density at radius 1 is 0.883 bits per heavy atom. The van der Waals surface area contributed by atoms with E-state index < -0.39 is 17.3 Å². The van der Waals surface area contributed by atoms with E-state index in [1.54, 1.807) is 67.6 Å². The van der Waals surface area contributed by atoms with Crippen LogP contribution in [0.5, 0.6) is 0 Å². The number of ether oxygens (including phenoxy) is 2. The zero-order valence-electron chi connectivity index (χ0n) is 43.9. The Hall–Kier alpha value is -1.81. The molecule has 11 N–H and O–H groups in total. The van der Waals surface area contributed by atoms with Gasteiger partial charge >= 0.3 is 30.8 Å². The third-order valence-electron chi connectivity index (χ3n) is 7.71. The van der Waals surface area contributed by atoms with Crippen LogP contribution in [0.3, 0.4) is 0 Å². The first kappa shape index (κ1) is 84.0. The molecule has 3 atom stereocenters. The summed E-state index contributed by atoms with van der Waals surface area (Å²) in [4.78, 5) is 62.3. The minimum atomic E-state index is -1.14. The van der Waals surface area contributed by atoms with Gasteiger partial charge in [-0.1, -0.05) is 38.5 Å². The van der Waals surface area contributed by atoms with Gasteiger partial charge in [-0.05, 0) is 123 Å². The number of ketones is 1. The molecule has 4 aromatic heterocycles. The van der Waals surface area contributed by atoms with Crippen molar-refractivity contribution in [2.45, 2.75) is 85.7 Å². The number of halogens is 1. The smallest absolute Gasteiger partial charge is 1.00 e. The van der Waals surface area contributed by atoms with E-state index in [1.165, 1.54) is 62.9 Å². The van der Waals surface area contributed by atoms with E-state index in [9.17, 15) is 19.2 Å². The summed E-state index contributed by atoms with van der Waals surface area (Å²) < 4.78 is 13.0. The Labute approximate surface area is 528 Å². The summed E-state index contributed by atoms with van der Waals surface area (Å²) in [5.74, 6) is -1.84. The third kappa shape index (κ3) is 38.5. The van der Waals surface area contributed by atoms with Crippen LogP contribution in [0.25, 0.3) is 12.2 Å². The molecule has 1 amide bonds. The largest absolute Gasteiger partial charge is 1.00 e. The number of aryl methyl sites for hydroxylation is 4. The second kappa shape index (κ2) is 51.1. The maximum atomic E-state index is 11.3. The maximum absolute atomic E-state index is 11.3. The Kier molecular flexibility index (Phi) is 55.7. The monoisotopic (exact) mass is 1340 g/mol. The molecule has 0 radical (unpaired) electrons. The summed E-state index contributed by atoms with van der Waals surface area (Å²) in [5, 5.41) is 30.7. The normalized spacial score (nSPS) is 11.6. The standard InChI is InChI=1S/C9H11NO2S.C7H9N3OS2.C7H13N3OS.C7H9NOS.C6H9ClO3.C3H5NO.C3H5NS.Al.Li.P2S5.4H/c1-4-7-10-6(3)8(13-7)9(11)12-5-2;1-4-6(3-11)13-7(8-4)5-2-10(5)9-12;1-4-6(3-11)12-7(10-4)5(9)2-8;1-3-7-8-5(2)6(4-9)10-7;1-3-10-6(9)5(7)4(2)8;2*1-2-3(4)5;;;3-1-2-5-7-6-4;;;;/h4H,1,5H2,2-3H3;5,11H,2-3H2,1H3;5,11H,2-3,8-9H2,1H3;3,9H,1,4H2,2H3;5H,3H2,1-2H3;2*2H,1H2,(H2,4,5);;;;;;;/q;;;;;;;;+1;;;;;-1. The first-order valence-electron chi connectivity index (χ1n) is 20.9. The second-order valence-corrected chi connectivity index (χ2v) is 28.3. The predicted octanol–water partition coefficient (Wildman–Crippen LogP) is 3.21. The minimum absolute atomic E-state index is 0. The number of thiazole rings is 4. The average molecular weight is 1340 g/mol. The number of esters is 2. The van der Waals surface area contributed by atoms with Crippen molar-refractivity contribution in [3.05, 3.63) is 101 Å². The van der Waals surface area contributed by atoms with Gasteiger partial charge in [-0.25, -0.2) is 29.5 Å². The number of hydrogen-bond donors (Lipinski definition) is 7. The molecule has 1 saturated heterocycles. The van der Waals surface area contributed by atoms with E-state index >= 15 is 0 Å². The number of alkyl halides is 1. The van der Waals surface area contributed by atoms with Gasteiger partial charge in [0.05, 0.1) is 100 Å². The zero-order valence-corrected chi connectivity index (χ0v) is 54.4. The van der Waals surface area contributed by atoms with Crippen LogP contribution in [-0.4, -0.2) is 118 Å². The van der Waals surface area contributed by atoms with Crippen LogP contribution in [-0.2, 0) is 106 Å². The van der Waals surface area contributed by atoms with Gasteiger partial charge in [0.25, 0.3) is 0 Å². The van der Waals surface area contributed by atoms with Gasteiger partial charge in [0.2, 0.25) is 5.91 Å². The number of primary amides is 1. The van der Waals surface area contributed by atoms with Gasteiger partial charge in [-0.3, -0.25) is 14.6 Å². The van der Waals surface area contributed by atoms with E-state index in [4.69, 9.17) is 48.9 Å². The fraction of sp³-hybridized carbons (Fsp3) is 0.405. The quantitative estimate of drug-likeness (QED) is 0.0117. The molecule has 0 bridgehead atoms. The maximum Gasteiger partial charge on any atom is 1.00 e. The van der Waals surface area contributed by atoms with Crippen molar-refractivity contribution in [3.63, 3.8) is 0 Å². The SMILES string of the molecule is C=CC(N)=O.C=CC(N)=S.C=Cc1nc(C)c(C(=O)OCC)s1.C=Cc1nc(C)c(CO)s1.CCOC(=O)C(Cl)C(C)=O.Cc1nc(C(N)CN)sc1CO.Cc1nc(C2CN2N=S)sc1CO.S=PP=S=S=S=S.[AlH3].[H-].[Li+]. The number of thiocarbonyl (C=S) groups is 1. The number of aromatic nitrogens is 4. The number of carbonyl (C=O) groups is 4. The molecule has 0 spiro atoms. The zero-order chi connectivity index (χ0) is 58.2. The van der Waals surface area contributed by atoms with E-state index in [2.05, 4.69) is 109 Å². The topological polar surface area (TPSA) is 318 Å². The molecule has 0 aromatic carbocycles. The van der Waals surface area contributed by atoms with Crippen LogP contribution in [0.1, 0.15) is 101 Å². The molecule has 4 aromatic rings. The van der Waals surface area contributed by atoms with E-state index in [0.29, 0.717) is 28.7 Å². The van der Waals surface area contributed by atoms with Crippen molar-refractivity contribution >= 4 is 204 Å². The number of carbonyl (C=O) groups excluding carboxylic acids is 4. The summed E-state index contributed by atoms with van der Waals surface area (Å²) in [7, 11) is 6.83. The number of aliphatic hydroxyl groups excluding tert-OH is 3. The fourth-order valence-corrected chi connectivity index (χ4v) is 17.4.